The van der Waals surface area contributed by atoms with Gasteiger partial charge in [-0.2, -0.15) is 0 Å². The molecule has 1 fully saturated rings. The molecule has 0 unspecified atom stereocenters. The molecule has 0 bridgehead atoms. The summed E-state index contributed by atoms with van der Waals surface area (Å²) in [5.41, 5.74) is 2.50. The molecule has 5 rings (SSSR count). The fraction of sp³-hybridized carbons (Fsp3) is 0.406. The summed E-state index contributed by atoms with van der Waals surface area (Å²) in [4.78, 5) is 45.1. The summed E-state index contributed by atoms with van der Waals surface area (Å²) in [6.07, 6.45) is 2.37. The Morgan fingerprint density at radius 1 is 1.02 bits per heavy atom. The summed E-state index contributed by atoms with van der Waals surface area (Å²) in [5, 5.41) is 8.41. The van der Waals surface area contributed by atoms with Crippen molar-refractivity contribution in [3.63, 3.8) is 0 Å². The van der Waals surface area contributed by atoms with Crippen molar-refractivity contribution in [2.75, 3.05) is 36.1 Å². The van der Waals surface area contributed by atoms with Gasteiger partial charge in [0.25, 0.3) is 5.91 Å². The first-order valence-corrected chi connectivity index (χ1v) is 15.2. The van der Waals surface area contributed by atoms with Crippen LogP contribution in [0.25, 0.3) is 10.8 Å². The van der Waals surface area contributed by atoms with E-state index in [1.165, 1.54) is 11.8 Å². The van der Waals surface area contributed by atoms with Crippen LogP contribution < -0.4 is 15.5 Å². The summed E-state index contributed by atoms with van der Waals surface area (Å²) >= 11 is 1.52. The second-order valence-corrected chi connectivity index (χ2v) is 12.0. The van der Waals surface area contributed by atoms with Crippen molar-refractivity contribution < 1.29 is 14.4 Å². The van der Waals surface area contributed by atoms with Crippen molar-refractivity contribution in [2.24, 2.45) is 11.8 Å². The van der Waals surface area contributed by atoms with Crippen LogP contribution in [0.2, 0.25) is 0 Å². The van der Waals surface area contributed by atoms with Gasteiger partial charge in [-0.15, -0.1) is 11.8 Å². The highest BCUT2D eigenvalue weighted by molar-refractivity contribution is 7.99. The summed E-state index contributed by atoms with van der Waals surface area (Å²) in [5.74, 6) is -0.0535. The van der Waals surface area contributed by atoms with Gasteiger partial charge in [-0.25, -0.2) is 0 Å². The Morgan fingerprint density at radius 3 is 2.52 bits per heavy atom. The molecule has 3 aromatic rings. The normalized spacial score (nSPS) is 19.1. The maximum Gasteiger partial charge on any atom is 0.250 e. The van der Waals surface area contributed by atoms with E-state index in [2.05, 4.69) is 40.8 Å². The molecule has 0 spiro atoms. The second kappa shape index (κ2) is 12.4. The number of fused-ring (bicyclic) bond motifs is 2. The first-order valence-electron chi connectivity index (χ1n) is 14.2. The molecule has 3 aromatic carbocycles. The van der Waals surface area contributed by atoms with E-state index in [9.17, 15) is 14.4 Å². The Labute approximate surface area is 240 Å². The van der Waals surface area contributed by atoms with Gasteiger partial charge >= 0.3 is 0 Å². The van der Waals surface area contributed by atoms with Crippen LogP contribution in [-0.4, -0.2) is 54.6 Å². The van der Waals surface area contributed by atoms with E-state index in [0.717, 1.165) is 58.5 Å². The predicted molar refractivity (Wildman–Crippen MR) is 163 cm³/mol. The standard InChI is InChI=1S/C32H38N4O3S/c1-4-21(2)30(37)34-27-20-40-29-26(33-31(38)23-15-17-35(3)18-16-23)13-8-14-28(29)36(32(27)39)19-24-11-7-10-22-9-5-6-12-25(22)24/h5-14,21,23,27H,4,15-20H2,1-3H3,(H,33,38)(H,34,37)/t21-,27+/m1/s1. The third kappa shape index (κ3) is 6.03. The number of benzene rings is 3. The summed E-state index contributed by atoms with van der Waals surface area (Å²) in [7, 11) is 2.08. The molecule has 2 aliphatic rings. The Balaban J connectivity index is 1.50. The first-order chi connectivity index (χ1) is 19.4. The molecule has 3 amide bonds. The van der Waals surface area contributed by atoms with Gasteiger partial charge in [-0.1, -0.05) is 62.4 Å². The summed E-state index contributed by atoms with van der Waals surface area (Å²) in [6.45, 7) is 6.02. The number of carbonyl (C=O) groups is 3. The van der Waals surface area contributed by atoms with E-state index in [4.69, 9.17) is 0 Å². The fourth-order valence-corrected chi connectivity index (χ4v) is 6.56. The number of nitrogens with zero attached hydrogens (tertiary/aromatic N) is 2. The number of hydrogen-bond acceptors (Lipinski definition) is 5. The molecule has 2 N–H and O–H groups in total. The van der Waals surface area contributed by atoms with Crippen molar-refractivity contribution in [3.8, 4) is 0 Å². The number of thioether (sulfide) groups is 1. The Bertz CT molecular complexity index is 1400. The summed E-state index contributed by atoms with van der Waals surface area (Å²) < 4.78 is 0. The maximum absolute atomic E-state index is 14.1. The van der Waals surface area contributed by atoms with E-state index < -0.39 is 6.04 Å². The number of carbonyl (C=O) groups excluding carboxylic acids is 3. The average molecular weight is 559 g/mol. The molecule has 1 saturated heterocycles. The molecule has 7 nitrogen and oxygen atoms in total. The SMILES string of the molecule is CC[C@@H](C)C(=O)N[C@H]1CSc2c(NC(=O)C3CCN(C)CC3)cccc2N(Cc2cccc3ccccc23)C1=O. The molecule has 40 heavy (non-hydrogen) atoms. The average Bonchev–Trinajstić information content (AvgIpc) is 3.10. The summed E-state index contributed by atoms with van der Waals surface area (Å²) in [6, 6.07) is 19.4. The van der Waals surface area contributed by atoms with Gasteiger partial charge in [0.2, 0.25) is 11.8 Å². The quantitative estimate of drug-likeness (QED) is 0.412. The van der Waals surface area contributed by atoms with E-state index in [1.807, 2.05) is 56.3 Å². The lowest BCUT2D eigenvalue weighted by molar-refractivity contribution is -0.129. The van der Waals surface area contributed by atoms with Crippen molar-refractivity contribution >= 4 is 51.6 Å². The highest BCUT2D eigenvalue weighted by atomic mass is 32.2. The topological polar surface area (TPSA) is 81.8 Å². The first kappa shape index (κ1) is 28.2. The number of anilines is 2. The minimum absolute atomic E-state index is 0.0277. The molecule has 0 saturated carbocycles. The van der Waals surface area contributed by atoms with E-state index >= 15 is 0 Å². The molecular weight excluding hydrogens is 520 g/mol. The highest BCUT2D eigenvalue weighted by Gasteiger charge is 2.34. The van der Waals surface area contributed by atoms with Crippen LogP contribution in [0.15, 0.2) is 65.6 Å². The van der Waals surface area contributed by atoms with Crippen LogP contribution in [-0.2, 0) is 20.9 Å². The third-order valence-electron chi connectivity index (χ3n) is 8.18. The lowest BCUT2D eigenvalue weighted by atomic mass is 9.96. The number of piperidine rings is 1. The molecular formula is C32H38N4O3S. The van der Waals surface area contributed by atoms with Crippen molar-refractivity contribution in [1.82, 2.24) is 10.2 Å². The zero-order valence-electron chi connectivity index (χ0n) is 23.5. The van der Waals surface area contributed by atoms with Crippen LogP contribution in [0.5, 0.6) is 0 Å². The minimum atomic E-state index is -0.675. The van der Waals surface area contributed by atoms with E-state index in [0.29, 0.717) is 18.7 Å². The number of amides is 3. The van der Waals surface area contributed by atoms with Gasteiger partial charge in [0.15, 0.2) is 0 Å². The van der Waals surface area contributed by atoms with Crippen LogP contribution in [0.1, 0.15) is 38.7 Å². The van der Waals surface area contributed by atoms with Gasteiger partial charge < -0.3 is 20.4 Å². The fourth-order valence-electron chi connectivity index (χ4n) is 5.40. The largest absolute Gasteiger partial charge is 0.343 e. The van der Waals surface area contributed by atoms with E-state index in [1.54, 1.807) is 4.90 Å². The lowest BCUT2D eigenvalue weighted by Gasteiger charge is -2.29. The van der Waals surface area contributed by atoms with E-state index in [-0.39, 0.29) is 29.6 Å². The zero-order valence-corrected chi connectivity index (χ0v) is 24.3. The van der Waals surface area contributed by atoms with Crippen LogP contribution in [0, 0.1) is 11.8 Å². The molecule has 0 radical (unpaired) electrons. The zero-order chi connectivity index (χ0) is 28.2. The lowest BCUT2D eigenvalue weighted by Crippen LogP contribution is -2.50. The van der Waals surface area contributed by atoms with Gasteiger partial charge in [0.1, 0.15) is 6.04 Å². The second-order valence-electron chi connectivity index (χ2n) is 11.0. The smallest absolute Gasteiger partial charge is 0.250 e. The van der Waals surface area contributed by atoms with Crippen LogP contribution >= 0.6 is 11.8 Å². The maximum atomic E-state index is 14.1. The van der Waals surface area contributed by atoms with Crippen molar-refractivity contribution in [1.29, 1.82) is 0 Å². The molecule has 8 heteroatoms. The van der Waals surface area contributed by atoms with Crippen molar-refractivity contribution in [2.45, 2.75) is 50.6 Å². The van der Waals surface area contributed by atoms with Crippen LogP contribution in [0.4, 0.5) is 11.4 Å². The number of nitrogens with one attached hydrogen (secondary N) is 2. The molecule has 2 atom stereocenters. The Hall–Kier alpha value is -3.36. The number of hydrogen-bond donors (Lipinski definition) is 2. The number of rotatable bonds is 7. The molecule has 210 valence electrons. The Morgan fingerprint density at radius 2 is 1.75 bits per heavy atom. The Kier molecular flexibility index (Phi) is 8.76. The third-order valence-corrected chi connectivity index (χ3v) is 9.39. The molecule has 2 heterocycles. The van der Waals surface area contributed by atoms with Gasteiger partial charge in [-0.3, -0.25) is 14.4 Å². The molecule has 0 aliphatic carbocycles. The molecule has 0 aromatic heterocycles. The molecule has 2 aliphatic heterocycles. The van der Waals surface area contributed by atoms with Gasteiger partial charge in [-0.05, 0) is 67.9 Å². The van der Waals surface area contributed by atoms with Crippen molar-refractivity contribution in [3.05, 3.63) is 66.2 Å². The van der Waals surface area contributed by atoms with Gasteiger partial charge in [0.05, 0.1) is 22.8 Å². The van der Waals surface area contributed by atoms with Crippen LogP contribution in [0.3, 0.4) is 0 Å². The predicted octanol–water partition coefficient (Wildman–Crippen LogP) is 5.29. The monoisotopic (exact) mass is 558 g/mol. The highest BCUT2D eigenvalue weighted by Crippen LogP contribution is 2.41. The minimum Gasteiger partial charge on any atom is -0.343 e. The number of likely N-dealkylation sites (tertiary alicyclic amines) is 1. The van der Waals surface area contributed by atoms with Gasteiger partial charge in [0, 0.05) is 17.6 Å².